The van der Waals surface area contributed by atoms with Gasteiger partial charge in [0.2, 0.25) is 0 Å². The lowest BCUT2D eigenvalue weighted by atomic mass is 10.1. The van der Waals surface area contributed by atoms with E-state index in [1.165, 1.54) is 0 Å². The largest absolute Gasteiger partial charge is 0.493 e. The van der Waals surface area contributed by atoms with Crippen molar-refractivity contribution in [3.05, 3.63) is 23.8 Å². The van der Waals surface area contributed by atoms with Gasteiger partial charge in [0.15, 0.2) is 18.1 Å². The number of likely N-dealkylation sites (N-methyl/N-ethyl adjacent to an activating group) is 1. The highest BCUT2D eigenvalue weighted by molar-refractivity contribution is 5.68. The molecule has 0 saturated carbocycles. The number of hydrogen-bond donors (Lipinski definition) is 1. The van der Waals surface area contributed by atoms with Crippen molar-refractivity contribution in [1.29, 1.82) is 0 Å². The molecular weight excluding hydrogens is 272 g/mol. The van der Waals surface area contributed by atoms with E-state index < -0.39 is 5.97 Å². The Balaban J connectivity index is 1.99. The van der Waals surface area contributed by atoms with E-state index in [4.69, 9.17) is 14.6 Å². The molecule has 1 aliphatic rings. The smallest absolute Gasteiger partial charge is 0.341 e. The number of carboxylic acids is 1. The molecule has 1 N–H and O–H groups in total. The van der Waals surface area contributed by atoms with E-state index in [-0.39, 0.29) is 6.61 Å². The molecule has 116 valence electrons. The summed E-state index contributed by atoms with van der Waals surface area (Å²) in [5, 5.41) is 8.65. The summed E-state index contributed by atoms with van der Waals surface area (Å²) in [7, 11) is 3.69. The maximum Gasteiger partial charge on any atom is 0.341 e. The van der Waals surface area contributed by atoms with Gasteiger partial charge in [0.05, 0.1) is 7.11 Å². The van der Waals surface area contributed by atoms with Crippen molar-refractivity contribution < 1.29 is 19.4 Å². The van der Waals surface area contributed by atoms with Crippen molar-refractivity contribution in [3.63, 3.8) is 0 Å². The van der Waals surface area contributed by atoms with Gasteiger partial charge in [0, 0.05) is 32.7 Å². The lowest BCUT2D eigenvalue weighted by Crippen LogP contribution is -2.43. The molecular formula is C15H22N2O4. The summed E-state index contributed by atoms with van der Waals surface area (Å²) in [5.41, 5.74) is 1.14. The quantitative estimate of drug-likeness (QED) is 0.841. The first kappa shape index (κ1) is 15.6. The maximum atomic E-state index is 10.6. The van der Waals surface area contributed by atoms with Crippen molar-refractivity contribution in [2.24, 2.45) is 0 Å². The van der Waals surface area contributed by atoms with Gasteiger partial charge in [0.25, 0.3) is 0 Å². The first-order chi connectivity index (χ1) is 10.1. The van der Waals surface area contributed by atoms with Gasteiger partial charge in [-0.3, -0.25) is 4.90 Å². The average Bonchev–Trinajstić information content (AvgIpc) is 2.48. The highest BCUT2D eigenvalue weighted by Crippen LogP contribution is 2.28. The van der Waals surface area contributed by atoms with Crippen molar-refractivity contribution >= 4 is 5.97 Å². The minimum Gasteiger partial charge on any atom is -0.493 e. The molecule has 1 aromatic rings. The molecule has 6 heteroatoms. The molecule has 0 aliphatic carbocycles. The third-order valence-corrected chi connectivity index (χ3v) is 3.58. The summed E-state index contributed by atoms with van der Waals surface area (Å²) in [5.74, 6) is 0.0310. The number of rotatable bonds is 6. The van der Waals surface area contributed by atoms with Crippen molar-refractivity contribution in [3.8, 4) is 11.5 Å². The maximum absolute atomic E-state index is 10.6. The van der Waals surface area contributed by atoms with E-state index in [1.54, 1.807) is 13.2 Å². The Morgan fingerprint density at radius 3 is 2.57 bits per heavy atom. The van der Waals surface area contributed by atoms with Crippen LogP contribution in [0.1, 0.15) is 5.56 Å². The number of carbonyl (C=O) groups is 1. The van der Waals surface area contributed by atoms with Crippen LogP contribution in [0.3, 0.4) is 0 Å². The third kappa shape index (κ3) is 4.61. The molecule has 6 nitrogen and oxygen atoms in total. The second-order valence-corrected chi connectivity index (χ2v) is 5.25. The molecule has 0 atom stereocenters. The summed E-state index contributed by atoms with van der Waals surface area (Å²) < 4.78 is 10.5. The second-order valence-electron chi connectivity index (χ2n) is 5.25. The predicted octanol–water partition coefficient (Wildman–Crippen LogP) is 0.906. The summed E-state index contributed by atoms with van der Waals surface area (Å²) >= 11 is 0. The Labute approximate surface area is 124 Å². The minimum atomic E-state index is -1.00. The summed E-state index contributed by atoms with van der Waals surface area (Å²) in [6, 6.07) is 5.64. The predicted molar refractivity (Wildman–Crippen MR) is 78.9 cm³/mol. The summed E-state index contributed by atoms with van der Waals surface area (Å²) in [6.45, 7) is 4.76. The Morgan fingerprint density at radius 1 is 1.24 bits per heavy atom. The van der Waals surface area contributed by atoms with Crippen LogP contribution in [0, 0.1) is 0 Å². The van der Waals surface area contributed by atoms with Crippen LogP contribution in [-0.4, -0.2) is 67.8 Å². The Morgan fingerprint density at radius 2 is 1.95 bits per heavy atom. The molecule has 21 heavy (non-hydrogen) atoms. The molecule has 0 radical (unpaired) electrons. The minimum absolute atomic E-state index is 0.367. The molecule has 0 unspecified atom stereocenters. The molecule has 1 fully saturated rings. The zero-order valence-corrected chi connectivity index (χ0v) is 12.5. The van der Waals surface area contributed by atoms with Crippen LogP contribution in [0.5, 0.6) is 11.5 Å². The normalized spacial score (nSPS) is 16.7. The van der Waals surface area contributed by atoms with Crippen LogP contribution >= 0.6 is 0 Å². The molecule has 0 bridgehead atoms. The van der Waals surface area contributed by atoms with Crippen LogP contribution in [0.15, 0.2) is 18.2 Å². The van der Waals surface area contributed by atoms with Crippen LogP contribution < -0.4 is 9.47 Å². The number of aliphatic carboxylic acids is 1. The highest BCUT2D eigenvalue weighted by Gasteiger charge is 2.15. The fourth-order valence-electron chi connectivity index (χ4n) is 2.33. The molecule has 1 saturated heterocycles. The van der Waals surface area contributed by atoms with E-state index in [2.05, 4.69) is 16.8 Å². The van der Waals surface area contributed by atoms with Crippen LogP contribution in [-0.2, 0) is 11.3 Å². The number of nitrogens with zero attached hydrogens (tertiary/aromatic N) is 2. The summed E-state index contributed by atoms with van der Waals surface area (Å²) in [6.07, 6.45) is 0. The fraction of sp³-hybridized carbons (Fsp3) is 0.533. The molecule has 1 aromatic carbocycles. The van der Waals surface area contributed by atoms with Crippen LogP contribution in [0.25, 0.3) is 0 Å². The number of carboxylic acid groups (broad SMARTS) is 1. The van der Waals surface area contributed by atoms with Gasteiger partial charge in [-0.2, -0.15) is 0 Å². The number of methoxy groups -OCH3 is 1. The van der Waals surface area contributed by atoms with E-state index in [1.807, 2.05) is 12.1 Å². The van der Waals surface area contributed by atoms with Crippen molar-refractivity contribution in [2.75, 3.05) is 46.9 Å². The van der Waals surface area contributed by atoms with E-state index >= 15 is 0 Å². The van der Waals surface area contributed by atoms with E-state index in [9.17, 15) is 4.79 Å². The number of piperazine rings is 1. The lowest BCUT2D eigenvalue weighted by molar-refractivity contribution is -0.139. The Bertz CT molecular complexity index is 485. The van der Waals surface area contributed by atoms with Gasteiger partial charge >= 0.3 is 5.97 Å². The SMILES string of the molecule is COc1cc(CN2CCN(C)CC2)ccc1OCC(=O)O. The van der Waals surface area contributed by atoms with Gasteiger partial charge in [-0.05, 0) is 24.7 Å². The van der Waals surface area contributed by atoms with Gasteiger partial charge in [-0.25, -0.2) is 4.79 Å². The number of benzene rings is 1. The zero-order valence-electron chi connectivity index (χ0n) is 12.5. The number of hydrogen-bond acceptors (Lipinski definition) is 5. The van der Waals surface area contributed by atoms with Crippen LogP contribution in [0.4, 0.5) is 0 Å². The van der Waals surface area contributed by atoms with E-state index in [0.29, 0.717) is 11.5 Å². The Hall–Kier alpha value is -1.79. The van der Waals surface area contributed by atoms with E-state index in [0.717, 1.165) is 38.3 Å². The van der Waals surface area contributed by atoms with Gasteiger partial charge in [0.1, 0.15) is 0 Å². The number of ether oxygens (including phenoxy) is 2. The lowest BCUT2D eigenvalue weighted by Gasteiger charge is -2.32. The first-order valence-corrected chi connectivity index (χ1v) is 7.01. The summed E-state index contributed by atoms with van der Waals surface area (Å²) in [4.78, 5) is 15.3. The zero-order chi connectivity index (χ0) is 15.2. The van der Waals surface area contributed by atoms with Gasteiger partial charge in [-0.15, -0.1) is 0 Å². The standard InChI is InChI=1S/C15H22N2O4/c1-16-5-7-17(8-6-16)10-12-3-4-13(14(9-12)20-2)21-11-15(18)19/h3-4,9H,5-8,10-11H2,1-2H3,(H,18,19). The molecule has 0 spiro atoms. The third-order valence-electron chi connectivity index (χ3n) is 3.58. The molecule has 0 aromatic heterocycles. The van der Waals surface area contributed by atoms with Gasteiger partial charge < -0.3 is 19.5 Å². The van der Waals surface area contributed by atoms with Crippen LogP contribution in [0.2, 0.25) is 0 Å². The first-order valence-electron chi connectivity index (χ1n) is 7.01. The average molecular weight is 294 g/mol. The van der Waals surface area contributed by atoms with Gasteiger partial charge in [-0.1, -0.05) is 6.07 Å². The molecule has 2 rings (SSSR count). The second kappa shape index (κ2) is 7.28. The monoisotopic (exact) mass is 294 g/mol. The topological polar surface area (TPSA) is 62.2 Å². The molecule has 1 aliphatic heterocycles. The highest BCUT2D eigenvalue weighted by atomic mass is 16.5. The fourth-order valence-corrected chi connectivity index (χ4v) is 2.33. The molecule has 1 heterocycles. The van der Waals surface area contributed by atoms with Crippen molar-refractivity contribution in [2.45, 2.75) is 6.54 Å². The Kier molecular flexibility index (Phi) is 5.41. The van der Waals surface area contributed by atoms with Crippen molar-refractivity contribution in [1.82, 2.24) is 9.80 Å². The molecule has 0 amide bonds.